The fourth-order valence-corrected chi connectivity index (χ4v) is 11.4. The van der Waals surface area contributed by atoms with Gasteiger partial charge in [0.25, 0.3) is 0 Å². The number of piperazine rings is 1. The molecule has 3 aliphatic heterocycles. The monoisotopic (exact) mass is 1080 g/mol. The predicted octanol–water partition coefficient (Wildman–Crippen LogP) is 6.24. The van der Waals surface area contributed by atoms with Gasteiger partial charge in [-0.25, -0.2) is 18.4 Å². The van der Waals surface area contributed by atoms with Gasteiger partial charge in [0.2, 0.25) is 33.7 Å². The first-order valence-corrected chi connectivity index (χ1v) is 28.4. The van der Waals surface area contributed by atoms with Gasteiger partial charge in [-0.15, -0.1) is 11.3 Å². The van der Waals surface area contributed by atoms with Crippen LogP contribution < -0.4 is 35.2 Å². The van der Waals surface area contributed by atoms with E-state index in [-0.39, 0.29) is 54.6 Å². The molecule has 3 saturated heterocycles. The lowest BCUT2D eigenvalue weighted by atomic mass is 9.85. The molecule has 1 unspecified atom stereocenters. The Morgan fingerprint density at radius 2 is 1.68 bits per heavy atom. The zero-order chi connectivity index (χ0) is 53.6. The minimum atomic E-state index is -3.52. The number of carbonyl (C=O) groups is 3. The highest BCUT2D eigenvalue weighted by Gasteiger charge is 2.44. The number of anilines is 6. The number of hydrogen-bond acceptors (Lipinski definition) is 16. The number of aromatic nitrogens is 3. The Morgan fingerprint density at radius 1 is 0.960 bits per heavy atom. The number of nitrogens with zero attached hydrogens (tertiary/aromatic N) is 8. The van der Waals surface area contributed by atoms with Gasteiger partial charge < -0.3 is 45.8 Å². The first-order chi connectivity index (χ1) is 35.7. The number of halogens is 1. The third-order valence-corrected chi connectivity index (χ3v) is 16.7. The number of para-hydroxylation sites is 2. The number of sulfonamides is 1. The van der Waals surface area contributed by atoms with Gasteiger partial charge in [-0.1, -0.05) is 68.8 Å². The van der Waals surface area contributed by atoms with Crippen LogP contribution in [-0.2, 0) is 31.0 Å². The van der Waals surface area contributed by atoms with Crippen LogP contribution in [-0.4, -0.2) is 158 Å². The highest BCUT2D eigenvalue weighted by Crippen LogP contribution is 2.36. The second-order valence-corrected chi connectivity index (χ2v) is 23.8. The number of β-amino-alcohol motifs (C(OH)–C–C–N with tert-alkyl or cyclic N) is 1. The number of likely N-dealkylation sites (tertiary alicyclic amines) is 1. The molecule has 3 amide bonds. The normalized spacial score (nSPS) is 18.4. The van der Waals surface area contributed by atoms with Crippen LogP contribution in [0.5, 0.6) is 5.75 Å². The molecule has 5 N–H and O–H groups in total. The number of amides is 3. The predicted molar refractivity (Wildman–Crippen MR) is 296 cm³/mol. The molecule has 19 nitrogen and oxygen atoms in total. The number of aliphatic hydroxyl groups excluding tert-OH is 1. The van der Waals surface area contributed by atoms with Crippen molar-refractivity contribution in [2.24, 2.45) is 5.41 Å². The van der Waals surface area contributed by atoms with Crippen molar-refractivity contribution < 1.29 is 32.6 Å². The molecule has 22 heteroatoms. The number of carbonyl (C=O) groups excluding carboxylic acids is 3. The maximum atomic E-state index is 14.2. The van der Waals surface area contributed by atoms with E-state index in [0.717, 1.165) is 85.8 Å². The Morgan fingerprint density at radius 3 is 2.35 bits per heavy atom. The van der Waals surface area contributed by atoms with Gasteiger partial charge >= 0.3 is 0 Å². The fourth-order valence-electron chi connectivity index (χ4n) is 9.89. The number of hydrogen-bond donors (Lipinski definition) is 5. The third kappa shape index (κ3) is 13.7. The second-order valence-electron chi connectivity index (χ2n) is 20.6. The summed E-state index contributed by atoms with van der Waals surface area (Å²) in [5.74, 6) is 0.236. The molecule has 0 radical (unpaired) electrons. The van der Waals surface area contributed by atoms with Crippen LogP contribution >= 0.6 is 22.9 Å². The summed E-state index contributed by atoms with van der Waals surface area (Å²) in [6, 6.07) is 19.6. The number of aliphatic hydroxyl groups is 1. The summed E-state index contributed by atoms with van der Waals surface area (Å²) in [5, 5.41) is 23.3. The molecule has 75 heavy (non-hydrogen) atoms. The Hall–Kier alpha value is -6.10. The average Bonchev–Trinajstić information content (AvgIpc) is 4.02. The van der Waals surface area contributed by atoms with Crippen molar-refractivity contribution in [2.75, 3.05) is 92.6 Å². The second kappa shape index (κ2) is 23.8. The maximum absolute atomic E-state index is 14.2. The van der Waals surface area contributed by atoms with Gasteiger partial charge in [-0.3, -0.25) is 23.6 Å². The largest absolute Gasteiger partial charge is 0.494 e. The minimum absolute atomic E-state index is 0.0175. The molecule has 2 aromatic heterocycles. The Kier molecular flexibility index (Phi) is 17.5. The average molecular weight is 1090 g/mol. The molecule has 3 atom stereocenters. The van der Waals surface area contributed by atoms with E-state index in [0.29, 0.717) is 41.2 Å². The number of benzene rings is 3. The topological polar surface area (TPSA) is 218 Å². The van der Waals surface area contributed by atoms with Crippen molar-refractivity contribution >= 4 is 85.2 Å². The van der Waals surface area contributed by atoms with E-state index in [1.54, 1.807) is 42.7 Å². The van der Waals surface area contributed by atoms with E-state index >= 15 is 0 Å². The van der Waals surface area contributed by atoms with Gasteiger partial charge in [0.05, 0.1) is 58.8 Å². The number of ether oxygens (including phenoxy) is 1. The Bertz CT molecular complexity index is 2920. The smallest absolute Gasteiger partial charge is 0.246 e. The molecule has 3 aromatic carbocycles. The summed E-state index contributed by atoms with van der Waals surface area (Å²) in [6.07, 6.45) is 4.12. The Balaban J connectivity index is 0.781. The highest BCUT2D eigenvalue weighted by atomic mass is 35.5. The van der Waals surface area contributed by atoms with Crippen LogP contribution in [0, 0.1) is 12.3 Å². The van der Waals surface area contributed by atoms with E-state index in [4.69, 9.17) is 16.3 Å². The summed E-state index contributed by atoms with van der Waals surface area (Å²) < 4.78 is 31.6. The van der Waals surface area contributed by atoms with Crippen LogP contribution in [0.15, 0.2) is 78.4 Å². The van der Waals surface area contributed by atoms with Gasteiger partial charge in [-0.2, -0.15) is 4.98 Å². The summed E-state index contributed by atoms with van der Waals surface area (Å²) in [4.78, 5) is 64.4. The molecule has 402 valence electrons. The summed E-state index contributed by atoms with van der Waals surface area (Å²) in [7, 11) is -0.423. The quantitative estimate of drug-likeness (QED) is 0.0657. The molecule has 3 fully saturated rings. The van der Waals surface area contributed by atoms with Crippen molar-refractivity contribution in [3.8, 4) is 16.2 Å². The zero-order valence-corrected chi connectivity index (χ0v) is 46.1. The molecule has 5 aromatic rings. The maximum Gasteiger partial charge on any atom is 0.246 e. The number of thiazole rings is 1. The Labute approximate surface area is 449 Å². The number of piperidine rings is 1. The third-order valence-electron chi connectivity index (χ3n) is 14.3. The van der Waals surface area contributed by atoms with Gasteiger partial charge in [0.1, 0.15) is 22.9 Å². The summed E-state index contributed by atoms with van der Waals surface area (Å²) in [6.45, 7) is 13.7. The molecule has 0 aliphatic carbocycles. The first-order valence-electron chi connectivity index (χ1n) is 25.3. The number of rotatable bonds is 18. The van der Waals surface area contributed by atoms with Crippen molar-refractivity contribution in [3.63, 3.8) is 0 Å². The van der Waals surface area contributed by atoms with E-state index < -0.39 is 33.6 Å². The molecular weight excluding hydrogens is 1020 g/mol. The summed E-state index contributed by atoms with van der Waals surface area (Å²) >= 11 is 8.08. The first kappa shape index (κ1) is 55.1. The van der Waals surface area contributed by atoms with Crippen molar-refractivity contribution in [1.29, 1.82) is 0 Å². The highest BCUT2D eigenvalue weighted by molar-refractivity contribution is 7.92. The molecule has 8 rings (SSSR count). The van der Waals surface area contributed by atoms with Crippen molar-refractivity contribution in [3.05, 3.63) is 94.7 Å². The zero-order valence-electron chi connectivity index (χ0n) is 43.7. The molecule has 0 saturated carbocycles. The number of nitrogens with one attached hydrogen (secondary N) is 4. The minimum Gasteiger partial charge on any atom is -0.494 e. The van der Waals surface area contributed by atoms with E-state index in [1.165, 1.54) is 22.4 Å². The lowest BCUT2D eigenvalue weighted by Gasteiger charge is -2.43. The van der Waals surface area contributed by atoms with Crippen LogP contribution in [0.3, 0.4) is 0 Å². The molecular formula is C53H69ClN12O7S2. The van der Waals surface area contributed by atoms with Crippen LogP contribution in [0.2, 0.25) is 5.02 Å². The molecule has 0 spiro atoms. The van der Waals surface area contributed by atoms with E-state index in [1.807, 2.05) is 75.7 Å². The van der Waals surface area contributed by atoms with Crippen LogP contribution in [0.1, 0.15) is 57.7 Å². The van der Waals surface area contributed by atoms with Crippen molar-refractivity contribution in [1.82, 2.24) is 40.3 Å². The van der Waals surface area contributed by atoms with E-state index in [9.17, 15) is 27.9 Å². The molecule has 0 bridgehead atoms. The number of aryl methyl sites for hydroxylation is 1. The lowest BCUT2D eigenvalue weighted by molar-refractivity contribution is -0.144. The van der Waals surface area contributed by atoms with Crippen LogP contribution in [0.25, 0.3) is 10.4 Å². The van der Waals surface area contributed by atoms with Gasteiger partial charge in [0, 0.05) is 96.6 Å². The van der Waals surface area contributed by atoms with Gasteiger partial charge in [-0.05, 0) is 60.6 Å². The summed E-state index contributed by atoms with van der Waals surface area (Å²) in [5.41, 5.74) is 6.75. The SMILES string of the molecule is COc1cc(N2CCC(N3CCN(CCC(=O)NC(C(=O)N4C[C@H](O)C[C@@H]4C(=O)NCc4ccc(-c5scnc5C)cc4)C(C)(C)C)CC3)CC2)ccc1Nc1ncc(Cl)c(Nc2ccccc2N(C)S(C)(=O)=O)n1. The van der Waals surface area contributed by atoms with Crippen LogP contribution in [0.4, 0.5) is 34.5 Å². The van der Waals surface area contributed by atoms with E-state index in [2.05, 4.69) is 50.9 Å². The number of methoxy groups -OCH3 is 1. The standard InChI is InChI=1S/C53H69ClN12O7S2/c1-34-47(74-33-57-34)36-14-12-35(13-15-36)30-55-50(69)44-29-39(67)32-66(44)51(70)48(53(2,3)4)60-46(68)20-21-63-24-26-65(27-25-63)37-18-22-64(23-19-37)38-16-17-42(45(28-38)73-6)59-52-56-31-40(54)49(61-52)58-41-10-8-9-11-43(41)62(5)75(7,71)72/h8-17,28,31,33,37,39,44,48,67H,18-27,29-30,32H2,1-7H3,(H,55,69)(H,60,68)(H2,56,58,59,61)/t39-,44-,48?/m1/s1. The van der Waals surface area contributed by atoms with Gasteiger partial charge in [0.15, 0.2) is 5.82 Å². The fraction of sp³-hybridized carbons (Fsp3) is 0.472. The lowest BCUT2D eigenvalue weighted by Crippen LogP contribution is -2.58. The molecule has 5 heterocycles. The molecule has 3 aliphatic rings. The van der Waals surface area contributed by atoms with Crippen molar-refractivity contribution in [2.45, 2.75) is 84.2 Å².